The van der Waals surface area contributed by atoms with Crippen molar-refractivity contribution in [1.29, 1.82) is 0 Å². The molecule has 0 aliphatic carbocycles. The summed E-state index contributed by atoms with van der Waals surface area (Å²) in [6.45, 7) is 5.29. The Balaban J connectivity index is 3.05. The number of anilines is 1. The standard InChI is InChI=1S/C11H18N6O2/c1-5(2)10-14-4-7(17-13)8(16-10)11(19)15-6(3)9(12)18/h4-6,17H,13H2,1-3H3,(H2,12,18)(H,15,19). The van der Waals surface area contributed by atoms with Gasteiger partial charge in [-0.25, -0.2) is 9.97 Å². The van der Waals surface area contributed by atoms with Crippen LogP contribution in [0.4, 0.5) is 5.69 Å². The molecule has 0 radical (unpaired) electrons. The molecule has 0 saturated heterocycles. The van der Waals surface area contributed by atoms with Gasteiger partial charge < -0.3 is 16.5 Å². The molecule has 0 fully saturated rings. The molecule has 0 bridgehead atoms. The Morgan fingerprint density at radius 1 is 1.32 bits per heavy atom. The highest BCUT2D eigenvalue weighted by Gasteiger charge is 2.19. The number of aromatic nitrogens is 2. The Hall–Kier alpha value is -2.22. The molecule has 1 unspecified atom stereocenters. The lowest BCUT2D eigenvalue weighted by atomic mass is 10.2. The third kappa shape index (κ3) is 3.62. The van der Waals surface area contributed by atoms with Crippen molar-refractivity contribution < 1.29 is 9.59 Å². The Bertz CT molecular complexity index is 488. The third-order valence-corrected chi connectivity index (χ3v) is 2.47. The van der Waals surface area contributed by atoms with E-state index in [1.54, 1.807) is 0 Å². The van der Waals surface area contributed by atoms with E-state index in [0.717, 1.165) is 0 Å². The smallest absolute Gasteiger partial charge is 0.272 e. The number of nitrogens with two attached hydrogens (primary N) is 2. The molecule has 8 nitrogen and oxygen atoms in total. The van der Waals surface area contributed by atoms with Gasteiger partial charge in [-0.15, -0.1) is 0 Å². The maximum absolute atomic E-state index is 12.0. The molecule has 1 aromatic rings. The summed E-state index contributed by atoms with van der Waals surface area (Å²) in [6, 6.07) is -0.796. The van der Waals surface area contributed by atoms with Crippen molar-refractivity contribution in [2.24, 2.45) is 11.6 Å². The first-order chi connectivity index (χ1) is 8.86. The number of rotatable bonds is 5. The van der Waals surface area contributed by atoms with Gasteiger partial charge in [-0.2, -0.15) is 0 Å². The molecule has 1 atom stereocenters. The van der Waals surface area contributed by atoms with Crippen molar-refractivity contribution in [3.05, 3.63) is 17.7 Å². The average Bonchev–Trinajstić information content (AvgIpc) is 2.37. The van der Waals surface area contributed by atoms with E-state index in [9.17, 15) is 9.59 Å². The molecule has 0 aliphatic heterocycles. The van der Waals surface area contributed by atoms with Gasteiger partial charge in [0.15, 0.2) is 5.69 Å². The minimum atomic E-state index is -0.796. The molecule has 0 aliphatic rings. The van der Waals surface area contributed by atoms with Crippen LogP contribution in [0.5, 0.6) is 0 Å². The van der Waals surface area contributed by atoms with Crippen LogP contribution < -0.4 is 22.3 Å². The number of hydrazine groups is 1. The summed E-state index contributed by atoms with van der Waals surface area (Å²) in [7, 11) is 0. The second-order valence-corrected chi connectivity index (χ2v) is 4.39. The topological polar surface area (TPSA) is 136 Å². The van der Waals surface area contributed by atoms with Gasteiger partial charge >= 0.3 is 0 Å². The summed E-state index contributed by atoms with van der Waals surface area (Å²) in [5.74, 6) is 4.71. The molecule has 1 aromatic heterocycles. The van der Waals surface area contributed by atoms with Crippen molar-refractivity contribution >= 4 is 17.5 Å². The van der Waals surface area contributed by atoms with Crippen LogP contribution >= 0.6 is 0 Å². The fraction of sp³-hybridized carbons (Fsp3) is 0.455. The second-order valence-electron chi connectivity index (χ2n) is 4.39. The van der Waals surface area contributed by atoms with Gasteiger partial charge in [-0.3, -0.25) is 15.4 Å². The number of primary amides is 1. The average molecular weight is 266 g/mol. The van der Waals surface area contributed by atoms with E-state index in [1.165, 1.54) is 13.1 Å². The number of amides is 2. The number of carbonyl (C=O) groups excluding carboxylic acids is 2. The van der Waals surface area contributed by atoms with E-state index in [-0.39, 0.29) is 17.3 Å². The largest absolute Gasteiger partial charge is 0.368 e. The predicted molar refractivity (Wildman–Crippen MR) is 70.1 cm³/mol. The van der Waals surface area contributed by atoms with E-state index in [2.05, 4.69) is 20.7 Å². The molecule has 8 heteroatoms. The van der Waals surface area contributed by atoms with Gasteiger partial charge in [0.25, 0.3) is 5.91 Å². The fourth-order valence-corrected chi connectivity index (χ4v) is 1.29. The van der Waals surface area contributed by atoms with E-state index in [0.29, 0.717) is 5.82 Å². The normalized spacial score (nSPS) is 12.1. The highest BCUT2D eigenvalue weighted by molar-refractivity contribution is 5.99. The zero-order valence-electron chi connectivity index (χ0n) is 11.1. The molecular formula is C11H18N6O2. The number of carbonyl (C=O) groups is 2. The number of hydrogen-bond donors (Lipinski definition) is 4. The van der Waals surface area contributed by atoms with Crippen molar-refractivity contribution in [2.45, 2.75) is 32.7 Å². The first-order valence-corrected chi connectivity index (χ1v) is 5.80. The molecular weight excluding hydrogens is 248 g/mol. The number of hydrogen-bond acceptors (Lipinski definition) is 6. The van der Waals surface area contributed by atoms with Gasteiger partial charge in [0.1, 0.15) is 11.9 Å². The molecule has 0 aromatic carbocycles. The Morgan fingerprint density at radius 2 is 1.95 bits per heavy atom. The minimum Gasteiger partial charge on any atom is -0.368 e. The van der Waals surface area contributed by atoms with Crippen molar-refractivity contribution in [3.63, 3.8) is 0 Å². The lowest BCUT2D eigenvalue weighted by molar-refractivity contribution is -0.119. The summed E-state index contributed by atoms with van der Waals surface area (Å²) in [5.41, 5.74) is 7.78. The van der Waals surface area contributed by atoms with E-state index >= 15 is 0 Å². The van der Waals surface area contributed by atoms with Gasteiger partial charge in [0.2, 0.25) is 5.91 Å². The molecule has 104 valence electrons. The van der Waals surface area contributed by atoms with Crippen LogP contribution in [0.25, 0.3) is 0 Å². The highest BCUT2D eigenvalue weighted by atomic mass is 16.2. The first-order valence-electron chi connectivity index (χ1n) is 5.80. The Morgan fingerprint density at radius 3 is 2.42 bits per heavy atom. The maximum atomic E-state index is 12.0. The Labute approximate surface area is 110 Å². The van der Waals surface area contributed by atoms with Gasteiger partial charge in [0.05, 0.1) is 11.9 Å². The van der Waals surface area contributed by atoms with Crippen LogP contribution in [-0.4, -0.2) is 27.8 Å². The van der Waals surface area contributed by atoms with Gasteiger partial charge in [-0.1, -0.05) is 13.8 Å². The van der Waals surface area contributed by atoms with Crippen LogP contribution in [0.2, 0.25) is 0 Å². The fourth-order valence-electron chi connectivity index (χ4n) is 1.29. The molecule has 6 N–H and O–H groups in total. The van der Waals surface area contributed by atoms with Crippen LogP contribution in [0.15, 0.2) is 6.20 Å². The Kier molecular flexibility index (Phi) is 4.76. The molecule has 2 amide bonds. The summed E-state index contributed by atoms with van der Waals surface area (Å²) >= 11 is 0. The SMILES string of the molecule is CC(NC(=O)c1nc(C(C)C)ncc1NN)C(N)=O. The van der Waals surface area contributed by atoms with Crippen LogP contribution in [0.1, 0.15) is 43.0 Å². The zero-order chi connectivity index (χ0) is 14.6. The van der Waals surface area contributed by atoms with Crippen molar-refractivity contribution in [1.82, 2.24) is 15.3 Å². The number of nitrogens with zero attached hydrogens (tertiary/aromatic N) is 2. The predicted octanol–water partition coefficient (Wildman–Crippen LogP) is -0.511. The summed E-state index contributed by atoms with van der Waals surface area (Å²) < 4.78 is 0. The number of nitrogen functional groups attached to an aromatic ring is 1. The van der Waals surface area contributed by atoms with Crippen LogP contribution in [0.3, 0.4) is 0 Å². The van der Waals surface area contributed by atoms with Gasteiger partial charge in [0, 0.05) is 5.92 Å². The lowest BCUT2D eigenvalue weighted by Crippen LogP contribution is -2.42. The van der Waals surface area contributed by atoms with E-state index < -0.39 is 17.9 Å². The van der Waals surface area contributed by atoms with Crippen molar-refractivity contribution in [3.8, 4) is 0 Å². The summed E-state index contributed by atoms with van der Waals surface area (Å²) in [6.07, 6.45) is 1.42. The molecule has 19 heavy (non-hydrogen) atoms. The second kappa shape index (κ2) is 6.10. The van der Waals surface area contributed by atoms with Crippen LogP contribution in [-0.2, 0) is 4.79 Å². The lowest BCUT2D eigenvalue weighted by Gasteiger charge is -2.13. The van der Waals surface area contributed by atoms with Crippen molar-refractivity contribution in [2.75, 3.05) is 5.43 Å². The third-order valence-electron chi connectivity index (χ3n) is 2.47. The van der Waals surface area contributed by atoms with E-state index in [4.69, 9.17) is 11.6 Å². The minimum absolute atomic E-state index is 0.0620. The first kappa shape index (κ1) is 14.8. The molecule has 0 spiro atoms. The highest BCUT2D eigenvalue weighted by Crippen LogP contribution is 2.15. The molecule has 1 heterocycles. The number of nitrogens with one attached hydrogen (secondary N) is 2. The maximum Gasteiger partial charge on any atom is 0.272 e. The molecule has 1 rings (SSSR count). The monoisotopic (exact) mass is 266 g/mol. The summed E-state index contributed by atoms with van der Waals surface area (Å²) in [5, 5.41) is 2.44. The van der Waals surface area contributed by atoms with Crippen LogP contribution in [0, 0.1) is 0 Å². The molecule has 0 saturated carbocycles. The van der Waals surface area contributed by atoms with E-state index in [1.807, 2.05) is 13.8 Å². The quantitative estimate of drug-likeness (QED) is 0.418. The zero-order valence-corrected chi connectivity index (χ0v) is 11.1. The van der Waals surface area contributed by atoms with Gasteiger partial charge in [-0.05, 0) is 6.92 Å². The summed E-state index contributed by atoms with van der Waals surface area (Å²) in [4.78, 5) is 31.2.